The van der Waals surface area contributed by atoms with Crippen LogP contribution in [0.15, 0.2) is 77.3 Å². The van der Waals surface area contributed by atoms with E-state index in [-0.39, 0.29) is 5.92 Å². The molecule has 101 valence electrons. The van der Waals surface area contributed by atoms with Crippen molar-refractivity contribution in [3.05, 3.63) is 83.4 Å². The fraction of sp³-hybridized carbons (Fsp3) is 0.0556. The summed E-state index contributed by atoms with van der Waals surface area (Å²) in [6, 6.07) is 20.2. The van der Waals surface area contributed by atoms with Crippen LogP contribution in [0.25, 0.3) is 5.70 Å². The van der Waals surface area contributed by atoms with Crippen LogP contribution < -0.4 is 0 Å². The van der Waals surface area contributed by atoms with Gasteiger partial charge in [-0.05, 0) is 0 Å². The number of nitrogens with one attached hydrogen (secondary N) is 1. The molecule has 2 aromatic rings. The molecule has 1 radical (unpaired) electrons. The normalized spacial score (nSPS) is 17.7. The van der Waals surface area contributed by atoms with Crippen LogP contribution >= 0.6 is 0 Å². The first-order valence-corrected chi connectivity index (χ1v) is 7.53. The van der Waals surface area contributed by atoms with Crippen molar-refractivity contribution >= 4 is 32.2 Å². The van der Waals surface area contributed by atoms with E-state index in [0.717, 1.165) is 27.0 Å². The van der Waals surface area contributed by atoms with Gasteiger partial charge in [0, 0.05) is 0 Å². The first-order chi connectivity index (χ1) is 10.3. The summed E-state index contributed by atoms with van der Waals surface area (Å²) in [7, 11) is 0. The molecule has 0 aromatic heterocycles. The number of allylic oxidation sites excluding steroid dienone is 2. The molecule has 0 bridgehead atoms. The van der Waals surface area contributed by atoms with E-state index in [9.17, 15) is 0 Å². The van der Waals surface area contributed by atoms with Crippen molar-refractivity contribution in [2.45, 2.75) is 5.92 Å². The zero-order chi connectivity index (χ0) is 14.7. The Morgan fingerprint density at radius 2 is 1.57 bits per heavy atom. The summed E-state index contributed by atoms with van der Waals surface area (Å²) in [6.45, 7) is 0. The number of hydrogen-bond donors (Lipinski definition) is 1. The molecule has 1 atom stereocenters. The van der Waals surface area contributed by atoms with E-state index < -0.39 is 0 Å². The van der Waals surface area contributed by atoms with E-state index in [1.54, 1.807) is 0 Å². The van der Waals surface area contributed by atoms with E-state index >= 15 is 0 Å². The third-order valence-electron chi connectivity index (χ3n) is 3.45. The zero-order valence-electron chi connectivity index (χ0n) is 11.3. The zero-order valence-corrected chi connectivity index (χ0v) is 13.0. The quantitative estimate of drug-likeness (QED) is 0.643. The van der Waals surface area contributed by atoms with Gasteiger partial charge in [0.25, 0.3) is 0 Å². The molecule has 3 heteroatoms. The summed E-state index contributed by atoms with van der Waals surface area (Å²) in [5.41, 5.74) is 3.93. The van der Waals surface area contributed by atoms with Crippen molar-refractivity contribution in [2.75, 3.05) is 0 Å². The van der Waals surface area contributed by atoms with Crippen LogP contribution in [0.2, 0.25) is 0 Å². The molecule has 0 spiro atoms. The van der Waals surface area contributed by atoms with E-state index in [4.69, 9.17) is 5.41 Å². The number of hydrogen-bond acceptors (Lipinski definition) is 2. The van der Waals surface area contributed by atoms with Crippen LogP contribution in [0.4, 0.5) is 0 Å². The van der Waals surface area contributed by atoms with Crippen LogP contribution in [0.3, 0.4) is 0 Å². The summed E-state index contributed by atoms with van der Waals surface area (Å²) >= 11 is 2.97. The second kappa shape index (κ2) is 6.07. The first kappa shape index (κ1) is 13.8. The fourth-order valence-electron chi connectivity index (χ4n) is 2.41. The second-order valence-corrected chi connectivity index (χ2v) is 5.57. The van der Waals surface area contributed by atoms with Gasteiger partial charge in [-0.2, -0.15) is 0 Å². The summed E-state index contributed by atoms with van der Waals surface area (Å²) in [6.07, 6.45) is 2.10. The topological polar surface area (TPSA) is 36.2 Å². The predicted molar refractivity (Wildman–Crippen MR) is 88.0 cm³/mol. The van der Waals surface area contributed by atoms with Crippen LogP contribution in [0.5, 0.6) is 0 Å². The third-order valence-corrected chi connectivity index (χ3v) is 4.10. The minimum atomic E-state index is 0.00709. The molecule has 3 rings (SSSR count). The van der Waals surface area contributed by atoms with Crippen LogP contribution in [0, 0.1) is 5.41 Å². The van der Waals surface area contributed by atoms with Crippen molar-refractivity contribution in [3.8, 4) is 0 Å². The Kier molecular flexibility index (Phi) is 3.98. The van der Waals surface area contributed by atoms with Gasteiger partial charge >= 0.3 is 132 Å². The molecule has 2 aromatic carbocycles. The standard InChI is InChI=1S/C18H13N2Se/c19-12-16-15(13-7-3-1-4-8-13)11-17(20-18(16)21)14-9-5-2-6-10-14/h1-11,15,19H. The van der Waals surface area contributed by atoms with Gasteiger partial charge in [0.1, 0.15) is 0 Å². The molecule has 0 fully saturated rings. The van der Waals surface area contributed by atoms with E-state index in [1.165, 1.54) is 0 Å². The molecule has 1 unspecified atom stereocenters. The van der Waals surface area contributed by atoms with E-state index in [2.05, 4.69) is 45.1 Å². The van der Waals surface area contributed by atoms with Gasteiger partial charge in [-0.3, -0.25) is 0 Å². The Morgan fingerprint density at radius 1 is 0.952 bits per heavy atom. The van der Waals surface area contributed by atoms with Gasteiger partial charge in [0.2, 0.25) is 0 Å². The van der Waals surface area contributed by atoms with Gasteiger partial charge in [-0.25, -0.2) is 0 Å². The van der Waals surface area contributed by atoms with E-state index in [1.807, 2.05) is 48.5 Å². The maximum absolute atomic E-state index is 7.56. The monoisotopic (exact) mass is 337 g/mol. The Bertz CT molecular complexity index is 754. The summed E-state index contributed by atoms with van der Waals surface area (Å²) in [4.78, 5) is 4.58. The van der Waals surface area contributed by atoms with Gasteiger partial charge in [-0.15, -0.1) is 0 Å². The molecule has 1 N–H and O–H groups in total. The Morgan fingerprint density at radius 3 is 2.19 bits per heavy atom. The average Bonchev–Trinajstić information content (AvgIpc) is 2.55. The molecule has 0 saturated heterocycles. The molecule has 2 nitrogen and oxygen atoms in total. The summed E-state index contributed by atoms with van der Waals surface area (Å²) < 4.78 is 0.736. The second-order valence-electron chi connectivity index (χ2n) is 4.76. The van der Waals surface area contributed by atoms with Crippen molar-refractivity contribution in [2.24, 2.45) is 4.99 Å². The van der Waals surface area contributed by atoms with Crippen molar-refractivity contribution in [3.63, 3.8) is 0 Å². The van der Waals surface area contributed by atoms with Crippen LogP contribution in [0.1, 0.15) is 17.0 Å². The predicted octanol–water partition coefficient (Wildman–Crippen LogP) is 3.57. The number of nitrogens with zero attached hydrogens (tertiary/aromatic N) is 1. The molecule has 0 amide bonds. The maximum atomic E-state index is 7.56. The number of aliphatic imine (C=N–C) groups is 1. The van der Waals surface area contributed by atoms with Crippen LogP contribution in [-0.2, 0) is 0 Å². The van der Waals surface area contributed by atoms with Crippen molar-refractivity contribution < 1.29 is 0 Å². The Hall–Kier alpha value is -2.18. The third kappa shape index (κ3) is 2.81. The van der Waals surface area contributed by atoms with Gasteiger partial charge in [-0.1, -0.05) is 0 Å². The fourth-order valence-corrected chi connectivity index (χ4v) is 2.99. The first-order valence-electron chi connectivity index (χ1n) is 6.67. The summed E-state index contributed by atoms with van der Waals surface area (Å²) in [5, 5.41) is 7.56. The van der Waals surface area contributed by atoms with Crippen LogP contribution in [-0.4, -0.2) is 26.5 Å². The number of benzene rings is 2. The van der Waals surface area contributed by atoms with Gasteiger partial charge in [0.05, 0.1) is 0 Å². The van der Waals surface area contributed by atoms with Gasteiger partial charge in [0.15, 0.2) is 0 Å². The van der Waals surface area contributed by atoms with Gasteiger partial charge < -0.3 is 0 Å². The molecule has 0 saturated carbocycles. The molecule has 0 aliphatic carbocycles. The van der Waals surface area contributed by atoms with Crippen molar-refractivity contribution in [1.29, 1.82) is 5.41 Å². The molecule has 1 aliphatic rings. The molecule has 1 heterocycles. The molecular weight excluding hydrogens is 323 g/mol. The molecule has 21 heavy (non-hydrogen) atoms. The number of rotatable bonds is 2. The minimum absolute atomic E-state index is 0.00709. The van der Waals surface area contributed by atoms with Crippen molar-refractivity contribution in [1.82, 2.24) is 0 Å². The molecular formula is C18H13N2Se. The Labute approximate surface area is 132 Å². The Balaban J connectivity index is 2.11. The summed E-state index contributed by atoms with van der Waals surface area (Å²) in [5.74, 6) is 2.54. The average molecular weight is 336 g/mol. The van der Waals surface area contributed by atoms with E-state index in [0.29, 0.717) is 0 Å². The molecule has 1 aliphatic heterocycles. The SMILES string of the molecule is N=C=C1C([Se])=NC(c2ccccc2)=CC1c1ccccc1.